The number of hydrogen-bond acceptors (Lipinski definition) is 4. The van der Waals surface area contributed by atoms with E-state index in [9.17, 15) is 4.79 Å². The molecule has 0 amide bonds. The summed E-state index contributed by atoms with van der Waals surface area (Å²) in [7, 11) is 0. The molecule has 5 heteroatoms. The number of unbranched alkanes of at least 4 members (excludes halogenated alkanes) is 2. The lowest BCUT2D eigenvalue weighted by Crippen LogP contribution is -2.17. The minimum absolute atomic E-state index is 0.0607. The van der Waals surface area contributed by atoms with E-state index in [1.807, 2.05) is 30.3 Å². The van der Waals surface area contributed by atoms with Crippen molar-refractivity contribution in [1.82, 2.24) is 0 Å². The molecular weight excluding hydrogens is 266 g/mol. The number of ether oxygens (including phenoxy) is 1. The van der Waals surface area contributed by atoms with Crippen LogP contribution in [-0.2, 0) is 16.1 Å². The van der Waals surface area contributed by atoms with E-state index < -0.39 is 5.97 Å². The lowest BCUT2D eigenvalue weighted by atomic mass is 10.1. The highest BCUT2D eigenvalue weighted by atomic mass is 35.5. The van der Waals surface area contributed by atoms with Gasteiger partial charge in [0.25, 0.3) is 0 Å². The fourth-order valence-corrected chi connectivity index (χ4v) is 1.75. The Bertz CT molecular complexity index is 406. The zero-order chi connectivity index (χ0) is 13.9. The van der Waals surface area contributed by atoms with Crippen LogP contribution in [-0.4, -0.2) is 22.8 Å². The highest BCUT2D eigenvalue weighted by Crippen LogP contribution is 2.06. The maximum absolute atomic E-state index is 11.7. The number of halogens is 1. The lowest BCUT2D eigenvalue weighted by molar-refractivity contribution is -0.137. The molecule has 0 unspecified atom stereocenters. The molecule has 0 atom stereocenters. The van der Waals surface area contributed by atoms with E-state index in [1.54, 1.807) is 0 Å². The summed E-state index contributed by atoms with van der Waals surface area (Å²) in [5.74, 6) is 0.0292. The number of oxime groups is 1. The zero-order valence-corrected chi connectivity index (χ0v) is 11.5. The minimum Gasteiger partial charge on any atom is -0.456 e. The molecule has 0 aromatic heterocycles. The summed E-state index contributed by atoms with van der Waals surface area (Å²) in [6.07, 6.45) is 2.95. The van der Waals surface area contributed by atoms with Gasteiger partial charge >= 0.3 is 5.97 Å². The number of carbonyl (C=O) groups excluding carboxylic acids is 1. The Morgan fingerprint density at radius 3 is 2.58 bits per heavy atom. The average Bonchev–Trinajstić information content (AvgIpc) is 2.46. The van der Waals surface area contributed by atoms with Crippen LogP contribution in [0.5, 0.6) is 0 Å². The van der Waals surface area contributed by atoms with Gasteiger partial charge < -0.3 is 9.94 Å². The van der Waals surface area contributed by atoms with Crippen LogP contribution in [0.25, 0.3) is 0 Å². The molecule has 0 fully saturated rings. The summed E-state index contributed by atoms with van der Waals surface area (Å²) in [5.41, 5.74) is 0.959. The molecule has 4 nitrogen and oxygen atoms in total. The van der Waals surface area contributed by atoms with Gasteiger partial charge in [-0.1, -0.05) is 41.9 Å². The van der Waals surface area contributed by atoms with Crippen molar-refractivity contribution >= 4 is 23.3 Å². The van der Waals surface area contributed by atoms with Crippen molar-refractivity contribution in [2.45, 2.75) is 32.3 Å². The van der Waals surface area contributed by atoms with Crippen LogP contribution in [0.4, 0.5) is 0 Å². The number of benzene rings is 1. The number of carbonyl (C=O) groups is 1. The van der Waals surface area contributed by atoms with Crippen molar-refractivity contribution < 1.29 is 14.7 Å². The summed E-state index contributed by atoms with van der Waals surface area (Å²) < 4.78 is 5.08. The third kappa shape index (κ3) is 6.25. The van der Waals surface area contributed by atoms with E-state index in [1.165, 1.54) is 0 Å². The van der Waals surface area contributed by atoms with Crippen molar-refractivity contribution in [2.24, 2.45) is 5.16 Å². The first kappa shape index (κ1) is 15.5. The molecule has 0 aliphatic carbocycles. The Kier molecular flexibility index (Phi) is 7.66. The van der Waals surface area contributed by atoms with Crippen LogP contribution in [0.2, 0.25) is 0 Å². The molecule has 0 aliphatic heterocycles. The van der Waals surface area contributed by atoms with Crippen molar-refractivity contribution in [2.75, 3.05) is 5.88 Å². The fourth-order valence-electron chi connectivity index (χ4n) is 1.56. The highest BCUT2D eigenvalue weighted by Gasteiger charge is 2.13. The van der Waals surface area contributed by atoms with Gasteiger partial charge in [-0.15, -0.1) is 11.6 Å². The number of esters is 1. The van der Waals surface area contributed by atoms with Crippen LogP contribution >= 0.6 is 11.6 Å². The molecule has 1 N–H and O–H groups in total. The summed E-state index contributed by atoms with van der Waals surface area (Å²) in [4.78, 5) is 11.7. The Hall–Kier alpha value is -1.55. The lowest BCUT2D eigenvalue weighted by Gasteiger charge is -2.06. The van der Waals surface area contributed by atoms with Gasteiger partial charge in [0.1, 0.15) is 6.61 Å². The Balaban J connectivity index is 2.34. The van der Waals surface area contributed by atoms with Crippen molar-refractivity contribution in [3.05, 3.63) is 35.9 Å². The number of nitrogens with zero attached hydrogens (tertiary/aromatic N) is 1. The second kappa shape index (κ2) is 9.39. The van der Waals surface area contributed by atoms with Gasteiger partial charge in [0.2, 0.25) is 0 Å². The zero-order valence-electron chi connectivity index (χ0n) is 10.7. The van der Waals surface area contributed by atoms with E-state index in [0.717, 1.165) is 24.8 Å². The molecule has 1 aromatic rings. The number of alkyl halides is 1. The second-order valence-electron chi connectivity index (χ2n) is 4.11. The summed E-state index contributed by atoms with van der Waals surface area (Å²) >= 11 is 5.56. The van der Waals surface area contributed by atoms with E-state index in [2.05, 4.69) is 5.16 Å². The topological polar surface area (TPSA) is 58.9 Å². The molecule has 19 heavy (non-hydrogen) atoms. The third-order valence-corrected chi connectivity index (χ3v) is 2.88. The van der Waals surface area contributed by atoms with Crippen molar-refractivity contribution in [3.8, 4) is 0 Å². The molecule has 0 heterocycles. The molecule has 0 saturated heterocycles. The summed E-state index contributed by atoms with van der Waals surface area (Å²) in [6.45, 7) is 0.181. The molecule has 0 saturated carbocycles. The predicted octanol–water partition coefficient (Wildman–Crippen LogP) is 3.36. The van der Waals surface area contributed by atoms with Gasteiger partial charge in [0.05, 0.1) is 0 Å². The van der Waals surface area contributed by atoms with Gasteiger partial charge in [-0.3, -0.25) is 0 Å². The molecular formula is C14H18ClNO3. The van der Waals surface area contributed by atoms with Crippen LogP contribution in [0.15, 0.2) is 35.5 Å². The highest BCUT2D eigenvalue weighted by molar-refractivity contribution is 6.36. The monoisotopic (exact) mass is 283 g/mol. The maximum Gasteiger partial charge on any atom is 0.356 e. The van der Waals surface area contributed by atoms with Gasteiger partial charge in [0, 0.05) is 12.3 Å². The standard InChI is InChI=1S/C14H18ClNO3/c15-10-6-2-5-9-13(16-18)14(17)19-11-12-7-3-1-4-8-12/h1,3-4,7-8,18H,2,5-6,9-11H2. The molecule has 0 bridgehead atoms. The van der Waals surface area contributed by atoms with Crippen LogP contribution in [0.1, 0.15) is 31.2 Å². The fraction of sp³-hybridized carbons (Fsp3) is 0.429. The van der Waals surface area contributed by atoms with E-state index in [0.29, 0.717) is 12.3 Å². The molecule has 0 radical (unpaired) electrons. The van der Waals surface area contributed by atoms with Crippen molar-refractivity contribution in [1.29, 1.82) is 0 Å². The smallest absolute Gasteiger partial charge is 0.356 e. The molecule has 0 spiro atoms. The van der Waals surface area contributed by atoms with E-state index in [-0.39, 0.29) is 12.3 Å². The summed E-state index contributed by atoms with van der Waals surface area (Å²) in [6, 6.07) is 9.36. The van der Waals surface area contributed by atoms with Gasteiger partial charge in [-0.2, -0.15) is 0 Å². The quantitative estimate of drug-likeness (QED) is 0.199. The first-order valence-electron chi connectivity index (χ1n) is 6.26. The summed E-state index contributed by atoms with van der Waals surface area (Å²) in [5, 5.41) is 11.8. The SMILES string of the molecule is O=C(OCc1ccccc1)C(CCCCCCl)=NO. The van der Waals surface area contributed by atoms with Crippen LogP contribution < -0.4 is 0 Å². The Labute approximate surface area is 118 Å². The van der Waals surface area contributed by atoms with Crippen LogP contribution in [0.3, 0.4) is 0 Å². The number of rotatable bonds is 8. The van der Waals surface area contributed by atoms with Gasteiger partial charge in [-0.25, -0.2) is 4.79 Å². The van der Waals surface area contributed by atoms with Crippen LogP contribution in [0, 0.1) is 0 Å². The number of hydrogen-bond donors (Lipinski definition) is 1. The predicted molar refractivity (Wildman–Crippen MR) is 74.6 cm³/mol. The van der Waals surface area contributed by atoms with E-state index in [4.69, 9.17) is 21.5 Å². The maximum atomic E-state index is 11.7. The first-order valence-corrected chi connectivity index (χ1v) is 6.79. The van der Waals surface area contributed by atoms with E-state index >= 15 is 0 Å². The second-order valence-corrected chi connectivity index (χ2v) is 4.49. The average molecular weight is 284 g/mol. The Morgan fingerprint density at radius 1 is 1.21 bits per heavy atom. The molecule has 1 aromatic carbocycles. The minimum atomic E-state index is -0.572. The van der Waals surface area contributed by atoms with Gasteiger partial charge in [0.15, 0.2) is 5.71 Å². The molecule has 104 valence electrons. The normalized spacial score (nSPS) is 11.3. The molecule has 1 rings (SSSR count). The first-order chi connectivity index (χ1) is 9.27. The van der Waals surface area contributed by atoms with Crippen molar-refractivity contribution in [3.63, 3.8) is 0 Å². The third-order valence-electron chi connectivity index (χ3n) is 2.62. The molecule has 0 aliphatic rings. The largest absolute Gasteiger partial charge is 0.456 e. The van der Waals surface area contributed by atoms with Gasteiger partial charge in [-0.05, 0) is 18.4 Å². The Morgan fingerprint density at radius 2 is 1.95 bits per heavy atom.